The standard InChI is InChI=1S/C19H19BrN2O2/c1-11-4-3-5-13(8-11)21-19(24)22-18-16-10-14(23)6-7-15(16)12(2)9-17(18)20/h4,6-10,23H,3,5H2,1-2H3,(H2,21,22,24). The molecule has 0 radical (unpaired) electrons. The number of benzene rings is 2. The van der Waals surface area contributed by atoms with Crippen LogP contribution in [0.15, 0.2) is 52.2 Å². The van der Waals surface area contributed by atoms with Crippen molar-refractivity contribution < 1.29 is 9.90 Å². The highest BCUT2D eigenvalue weighted by atomic mass is 79.9. The van der Waals surface area contributed by atoms with Crippen molar-refractivity contribution in [3.8, 4) is 5.75 Å². The summed E-state index contributed by atoms with van der Waals surface area (Å²) in [6.07, 6.45) is 5.89. The number of carbonyl (C=O) groups is 1. The first kappa shape index (κ1) is 16.6. The molecular weight excluding hydrogens is 368 g/mol. The van der Waals surface area contributed by atoms with Gasteiger partial charge in [0.1, 0.15) is 5.75 Å². The molecule has 4 nitrogen and oxygen atoms in total. The van der Waals surface area contributed by atoms with Crippen LogP contribution in [0.3, 0.4) is 0 Å². The number of aryl methyl sites for hydroxylation is 1. The lowest BCUT2D eigenvalue weighted by atomic mass is 10.0. The topological polar surface area (TPSA) is 61.4 Å². The second-order valence-electron chi connectivity index (χ2n) is 6.02. The number of amides is 2. The minimum Gasteiger partial charge on any atom is -0.508 e. The van der Waals surface area contributed by atoms with Gasteiger partial charge >= 0.3 is 6.03 Å². The summed E-state index contributed by atoms with van der Waals surface area (Å²) in [5.74, 6) is 0.166. The number of carbonyl (C=O) groups excluding carboxylic acids is 1. The van der Waals surface area contributed by atoms with Crippen molar-refractivity contribution in [2.24, 2.45) is 0 Å². The predicted octanol–water partition coefficient (Wildman–Crippen LogP) is 5.36. The molecule has 0 saturated carbocycles. The fourth-order valence-corrected chi connectivity index (χ4v) is 3.59. The molecule has 3 N–H and O–H groups in total. The van der Waals surface area contributed by atoms with E-state index in [1.807, 2.05) is 32.1 Å². The maximum absolute atomic E-state index is 12.4. The van der Waals surface area contributed by atoms with Crippen molar-refractivity contribution in [2.45, 2.75) is 26.7 Å². The zero-order chi connectivity index (χ0) is 17.3. The van der Waals surface area contributed by atoms with E-state index >= 15 is 0 Å². The molecule has 0 atom stereocenters. The number of urea groups is 1. The highest BCUT2D eigenvalue weighted by Crippen LogP contribution is 2.35. The molecule has 124 valence electrons. The third-order valence-corrected chi connectivity index (χ3v) is 4.70. The van der Waals surface area contributed by atoms with E-state index in [1.54, 1.807) is 12.1 Å². The summed E-state index contributed by atoms with van der Waals surface area (Å²) >= 11 is 3.51. The summed E-state index contributed by atoms with van der Waals surface area (Å²) in [5.41, 5.74) is 3.78. The van der Waals surface area contributed by atoms with E-state index in [0.717, 1.165) is 44.9 Å². The summed E-state index contributed by atoms with van der Waals surface area (Å²) < 4.78 is 0.780. The molecule has 1 aliphatic rings. The Morgan fingerprint density at radius 2 is 1.96 bits per heavy atom. The Balaban J connectivity index is 1.91. The van der Waals surface area contributed by atoms with E-state index < -0.39 is 0 Å². The Morgan fingerprint density at radius 1 is 1.17 bits per heavy atom. The van der Waals surface area contributed by atoms with Gasteiger partial charge in [-0.2, -0.15) is 0 Å². The number of nitrogens with one attached hydrogen (secondary N) is 2. The number of halogens is 1. The lowest BCUT2D eigenvalue weighted by molar-refractivity contribution is 0.254. The number of hydrogen-bond donors (Lipinski definition) is 3. The largest absolute Gasteiger partial charge is 0.508 e. The van der Waals surface area contributed by atoms with Crippen LogP contribution < -0.4 is 10.6 Å². The monoisotopic (exact) mass is 386 g/mol. The van der Waals surface area contributed by atoms with Gasteiger partial charge in [0.25, 0.3) is 0 Å². The van der Waals surface area contributed by atoms with Gasteiger partial charge in [0.05, 0.1) is 5.69 Å². The Hall–Kier alpha value is -2.27. The molecule has 2 amide bonds. The lowest BCUT2D eigenvalue weighted by Crippen LogP contribution is -2.29. The average Bonchev–Trinajstić information content (AvgIpc) is 2.51. The maximum Gasteiger partial charge on any atom is 0.323 e. The van der Waals surface area contributed by atoms with Crippen molar-refractivity contribution in [1.82, 2.24) is 5.32 Å². The van der Waals surface area contributed by atoms with Crippen LogP contribution in [0.4, 0.5) is 10.5 Å². The van der Waals surface area contributed by atoms with Gasteiger partial charge in [-0.15, -0.1) is 0 Å². The summed E-state index contributed by atoms with van der Waals surface area (Å²) in [4.78, 5) is 12.4. The Bertz CT molecular complexity index is 885. The average molecular weight is 387 g/mol. The first-order chi connectivity index (χ1) is 11.4. The van der Waals surface area contributed by atoms with E-state index in [2.05, 4.69) is 32.6 Å². The van der Waals surface area contributed by atoms with E-state index in [9.17, 15) is 9.90 Å². The zero-order valence-electron chi connectivity index (χ0n) is 13.6. The Kier molecular flexibility index (Phi) is 4.62. The van der Waals surface area contributed by atoms with Crippen LogP contribution in [0.5, 0.6) is 5.75 Å². The first-order valence-electron chi connectivity index (χ1n) is 7.81. The van der Waals surface area contributed by atoms with E-state index in [-0.39, 0.29) is 11.8 Å². The molecule has 1 aliphatic carbocycles. The van der Waals surface area contributed by atoms with Crippen molar-refractivity contribution in [3.63, 3.8) is 0 Å². The fraction of sp³-hybridized carbons (Fsp3) is 0.211. The molecule has 2 aromatic rings. The Labute approximate surface area is 149 Å². The molecule has 24 heavy (non-hydrogen) atoms. The van der Waals surface area contributed by atoms with Crippen LogP contribution in [0.25, 0.3) is 10.8 Å². The number of allylic oxidation sites excluding steroid dienone is 4. The zero-order valence-corrected chi connectivity index (χ0v) is 15.2. The van der Waals surface area contributed by atoms with Gasteiger partial charge in [0.2, 0.25) is 0 Å². The number of aromatic hydroxyl groups is 1. The molecule has 0 aromatic heterocycles. The number of anilines is 1. The highest BCUT2D eigenvalue weighted by Gasteiger charge is 2.14. The number of phenolic OH excluding ortho intramolecular Hbond substituents is 1. The van der Waals surface area contributed by atoms with E-state index in [1.165, 1.54) is 0 Å². The summed E-state index contributed by atoms with van der Waals surface area (Å²) in [5, 5.41) is 17.4. The van der Waals surface area contributed by atoms with Crippen molar-refractivity contribution in [1.29, 1.82) is 0 Å². The SMILES string of the molecule is CC1=CCCC(NC(=O)Nc2c(Br)cc(C)c3ccc(O)cc23)=C1. The third kappa shape index (κ3) is 3.46. The third-order valence-electron chi connectivity index (χ3n) is 4.07. The molecule has 0 aliphatic heterocycles. The van der Waals surface area contributed by atoms with Crippen LogP contribution in [0.2, 0.25) is 0 Å². The molecule has 0 heterocycles. The molecule has 0 saturated heterocycles. The number of rotatable bonds is 2. The maximum atomic E-state index is 12.4. The van der Waals surface area contributed by atoms with Crippen LogP contribution in [-0.4, -0.2) is 11.1 Å². The van der Waals surface area contributed by atoms with Crippen molar-refractivity contribution >= 4 is 38.4 Å². The number of fused-ring (bicyclic) bond motifs is 1. The molecule has 2 aromatic carbocycles. The summed E-state index contributed by atoms with van der Waals surface area (Å²) in [7, 11) is 0. The van der Waals surface area contributed by atoms with Gasteiger partial charge in [-0.05, 0) is 77.8 Å². The first-order valence-corrected chi connectivity index (χ1v) is 8.60. The van der Waals surface area contributed by atoms with Gasteiger partial charge in [0, 0.05) is 15.6 Å². The molecular formula is C19H19BrN2O2. The quantitative estimate of drug-likeness (QED) is 0.650. The fourth-order valence-electron chi connectivity index (χ4n) is 2.93. The molecule has 0 spiro atoms. The van der Waals surface area contributed by atoms with Gasteiger partial charge in [-0.25, -0.2) is 4.79 Å². The van der Waals surface area contributed by atoms with Crippen LogP contribution in [0.1, 0.15) is 25.3 Å². The van der Waals surface area contributed by atoms with Crippen LogP contribution in [0, 0.1) is 6.92 Å². The predicted molar refractivity (Wildman–Crippen MR) is 101 cm³/mol. The number of phenols is 1. The van der Waals surface area contributed by atoms with Gasteiger partial charge in [0.15, 0.2) is 0 Å². The van der Waals surface area contributed by atoms with Crippen LogP contribution >= 0.6 is 15.9 Å². The lowest BCUT2D eigenvalue weighted by Gasteiger charge is -2.16. The normalized spacial score (nSPS) is 14.1. The summed E-state index contributed by atoms with van der Waals surface area (Å²) in [6.45, 7) is 4.02. The van der Waals surface area contributed by atoms with Crippen LogP contribution in [-0.2, 0) is 0 Å². The van der Waals surface area contributed by atoms with E-state index in [4.69, 9.17) is 0 Å². The second-order valence-corrected chi connectivity index (χ2v) is 6.87. The Morgan fingerprint density at radius 3 is 2.71 bits per heavy atom. The van der Waals surface area contributed by atoms with Crippen molar-refractivity contribution in [2.75, 3.05) is 5.32 Å². The molecule has 0 bridgehead atoms. The molecule has 3 rings (SSSR count). The van der Waals surface area contributed by atoms with Crippen molar-refractivity contribution in [3.05, 3.63) is 57.7 Å². The van der Waals surface area contributed by atoms with E-state index in [0.29, 0.717) is 5.69 Å². The van der Waals surface area contributed by atoms with Gasteiger partial charge < -0.3 is 15.7 Å². The second kappa shape index (κ2) is 6.69. The van der Waals surface area contributed by atoms with Gasteiger partial charge in [-0.3, -0.25) is 0 Å². The minimum atomic E-state index is -0.287. The molecule has 0 fully saturated rings. The molecule has 5 heteroatoms. The highest BCUT2D eigenvalue weighted by molar-refractivity contribution is 9.10. The smallest absolute Gasteiger partial charge is 0.323 e. The number of hydrogen-bond acceptors (Lipinski definition) is 2. The minimum absolute atomic E-state index is 0.166. The van der Waals surface area contributed by atoms with Gasteiger partial charge in [-0.1, -0.05) is 17.7 Å². The summed E-state index contributed by atoms with van der Waals surface area (Å²) in [6, 6.07) is 6.84. The molecule has 0 unspecified atom stereocenters.